The van der Waals surface area contributed by atoms with Crippen LogP contribution in [0.2, 0.25) is 10.0 Å². The summed E-state index contributed by atoms with van der Waals surface area (Å²) in [5, 5.41) is 14.1. The molecular weight excluding hydrogens is 469 g/mol. The van der Waals surface area contributed by atoms with E-state index < -0.39 is 40.2 Å². The molecule has 3 amide bonds. The maximum absolute atomic E-state index is 13.6. The van der Waals surface area contributed by atoms with Gasteiger partial charge in [0.05, 0.1) is 33.3 Å². The van der Waals surface area contributed by atoms with Gasteiger partial charge in [-0.25, -0.2) is 5.01 Å². The van der Waals surface area contributed by atoms with Gasteiger partial charge in [0.1, 0.15) is 5.56 Å². The number of hydrazine groups is 1. The van der Waals surface area contributed by atoms with E-state index >= 15 is 0 Å². The summed E-state index contributed by atoms with van der Waals surface area (Å²) in [6, 6.07) is 10.2. The van der Waals surface area contributed by atoms with Crippen LogP contribution in [-0.4, -0.2) is 32.7 Å². The van der Waals surface area contributed by atoms with E-state index in [1.807, 2.05) is 0 Å². The van der Waals surface area contributed by atoms with Crippen molar-refractivity contribution in [2.75, 3.05) is 0 Å². The Labute approximate surface area is 199 Å². The second-order valence-electron chi connectivity index (χ2n) is 8.76. The molecule has 2 aromatic rings. The van der Waals surface area contributed by atoms with Crippen molar-refractivity contribution in [1.82, 2.24) is 10.0 Å². The molecule has 10 heteroatoms. The number of hydrogen-bond donors (Lipinski definition) is 0. The molecule has 2 bridgehead atoms. The molecule has 0 aromatic heterocycles. The van der Waals surface area contributed by atoms with E-state index in [9.17, 15) is 24.5 Å². The number of rotatable bonds is 5. The zero-order chi connectivity index (χ0) is 23.4. The molecule has 4 atom stereocenters. The van der Waals surface area contributed by atoms with Crippen LogP contribution in [0.25, 0.3) is 0 Å². The lowest BCUT2D eigenvalue weighted by Crippen LogP contribution is -2.50. The number of fused-ring (bicyclic) bond motifs is 5. The summed E-state index contributed by atoms with van der Waals surface area (Å²) in [4.78, 5) is 51.4. The van der Waals surface area contributed by atoms with Gasteiger partial charge in [-0.2, -0.15) is 5.01 Å². The summed E-state index contributed by atoms with van der Waals surface area (Å²) in [6.07, 6.45) is 2.64. The molecule has 0 radical (unpaired) electrons. The second kappa shape index (κ2) is 8.11. The predicted octanol–water partition coefficient (Wildman–Crippen LogP) is 4.49. The van der Waals surface area contributed by atoms with Crippen molar-refractivity contribution in [2.45, 2.75) is 25.8 Å². The highest BCUT2D eigenvalue weighted by Crippen LogP contribution is 2.56. The van der Waals surface area contributed by atoms with Crippen LogP contribution in [-0.2, 0) is 16.1 Å². The van der Waals surface area contributed by atoms with Crippen molar-refractivity contribution in [3.8, 4) is 0 Å². The number of benzene rings is 2. The lowest BCUT2D eigenvalue weighted by Gasteiger charge is -2.31. The molecule has 1 saturated heterocycles. The van der Waals surface area contributed by atoms with Gasteiger partial charge in [0, 0.05) is 6.07 Å². The highest BCUT2D eigenvalue weighted by atomic mass is 35.5. The van der Waals surface area contributed by atoms with Gasteiger partial charge in [-0.3, -0.25) is 24.5 Å². The number of imide groups is 1. The van der Waals surface area contributed by atoms with Gasteiger partial charge in [0.25, 0.3) is 23.4 Å². The third-order valence-electron chi connectivity index (χ3n) is 7.03. The summed E-state index contributed by atoms with van der Waals surface area (Å²) >= 11 is 12.1. The van der Waals surface area contributed by atoms with Gasteiger partial charge in [0.15, 0.2) is 0 Å². The molecule has 3 fully saturated rings. The van der Waals surface area contributed by atoms with E-state index in [2.05, 4.69) is 0 Å². The fourth-order valence-electron chi connectivity index (χ4n) is 5.63. The van der Waals surface area contributed by atoms with Crippen molar-refractivity contribution in [2.24, 2.45) is 23.7 Å². The Bertz CT molecular complexity index is 1170. The molecule has 0 N–H and O–H groups in total. The number of amides is 3. The van der Waals surface area contributed by atoms with Crippen LogP contribution in [0, 0.1) is 33.8 Å². The predicted molar refractivity (Wildman–Crippen MR) is 119 cm³/mol. The van der Waals surface area contributed by atoms with Crippen LogP contribution in [0.4, 0.5) is 5.69 Å². The summed E-state index contributed by atoms with van der Waals surface area (Å²) < 4.78 is 0. The van der Waals surface area contributed by atoms with E-state index in [-0.39, 0.29) is 29.0 Å². The summed E-state index contributed by atoms with van der Waals surface area (Å²) in [5.74, 6) is -2.24. The van der Waals surface area contributed by atoms with Crippen LogP contribution < -0.4 is 0 Å². The zero-order valence-corrected chi connectivity index (χ0v) is 18.8. The number of nitro groups is 1. The van der Waals surface area contributed by atoms with Crippen LogP contribution in [0.5, 0.6) is 0 Å². The average molecular weight is 488 g/mol. The number of hydrogen-bond acceptors (Lipinski definition) is 5. The van der Waals surface area contributed by atoms with E-state index in [4.69, 9.17) is 23.2 Å². The van der Waals surface area contributed by atoms with E-state index in [1.54, 1.807) is 18.2 Å². The fraction of sp³-hybridized carbons (Fsp3) is 0.348. The molecule has 0 unspecified atom stereocenters. The van der Waals surface area contributed by atoms with Crippen molar-refractivity contribution >= 4 is 46.6 Å². The van der Waals surface area contributed by atoms with Crippen molar-refractivity contribution in [3.05, 3.63) is 73.8 Å². The van der Waals surface area contributed by atoms with Gasteiger partial charge in [0.2, 0.25) is 0 Å². The smallest absolute Gasteiger partial charge is 0.272 e. The zero-order valence-electron chi connectivity index (χ0n) is 17.3. The SMILES string of the molecule is O=C(c1ccccc1[N+](=O)[O-])N(Cc1ccc(Cl)c(Cl)c1)N1C(=O)[C@H]2[C@H]3CC[C@@H](C3)[C@@H]2C1=O. The van der Waals surface area contributed by atoms with Crippen molar-refractivity contribution < 1.29 is 19.3 Å². The Morgan fingerprint density at radius 2 is 1.67 bits per heavy atom. The Balaban J connectivity index is 1.57. The number of halogens is 2. The summed E-state index contributed by atoms with van der Waals surface area (Å²) in [5.41, 5.74) is -0.0823. The molecule has 1 heterocycles. The third kappa shape index (κ3) is 3.48. The Hall–Kier alpha value is -2.97. The summed E-state index contributed by atoms with van der Waals surface area (Å²) in [7, 11) is 0. The number of para-hydroxylation sites is 1. The first-order valence-electron chi connectivity index (χ1n) is 10.6. The van der Waals surface area contributed by atoms with Crippen LogP contribution in [0.1, 0.15) is 35.2 Å². The van der Waals surface area contributed by atoms with Gasteiger partial charge >= 0.3 is 0 Å². The van der Waals surface area contributed by atoms with Crippen LogP contribution in [0.15, 0.2) is 42.5 Å². The molecule has 1 aliphatic heterocycles. The first-order valence-corrected chi connectivity index (χ1v) is 11.4. The maximum atomic E-state index is 13.6. The van der Waals surface area contributed by atoms with E-state index in [0.29, 0.717) is 10.6 Å². The molecule has 33 heavy (non-hydrogen) atoms. The molecule has 2 aliphatic carbocycles. The lowest BCUT2D eigenvalue weighted by atomic mass is 9.81. The Morgan fingerprint density at radius 1 is 1.03 bits per heavy atom. The van der Waals surface area contributed by atoms with Crippen LogP contribution in [0.3, 0.4) is 0 Å². The number of nitrogens with zero attached hydrogens (tertiary/aromatic N) is 3. The Morgan fingerprint density at radius 3 is 2.27 bits per heavy atom. The van der Waals surface area contributed by atoms with E-state index in [1.165, 1.54) is 24.3 Å². The lowest BCUT2D eigenvalue weighted by molar-refractivity contribution is -0.385. The minimum Gasteiger partial charge on any atom is -0.272 e. The molecule has 5 rings (SSSR count). The highest BCUT2D eigenvalue weighted by molar-refractivity contribution is 6.42. The molecule has 2 aromatic carbocycles. The largest absolute Gasteiger partial charge is 0.282 e. The molecule has 2 saturated carbocycles. The molecule has 170 valence electrons. The van der Waals surface area contributed by atoms with Crippen molar-refractivity contribution in [3.63, 3.8) is 0 Å². The number of carbonyl (C=O) groups is 3. The molecule has 8 nitrogen and oxygen atoms in total. The topological polar surface area (TPSA) is 101 Å². The standard InChI is InChI=1S/C23H19Cl2N3O5/c24-16-8-5-12(9-17(16)25)11-26(21(29)15-3-1-2-4-18(15)28(32)33)27-22(30)19-13-6-7-14(10-13)20(19)23(27)31/h1-5,8-9,13-14,19-20H,6-7,10-11H2/t13-,14-,19-,20-/m0/s1. The monoisotopic (exact) mass is 487 g/mol. The first-order chi connectivity index (χ1) is 15.8. The van der Waals surface area contributed by atoms with Crippen LogP contribution >= 0.6 is 23.2 Å². The average Bonchev–Trinajstić information content (AvgIpc) is 3.48. The fourth-order valence-corrected chi connectivity index (χ4v) is 5.95. The third-order valence-corrected chi connectivity index (χ3v) is 7.77. The summed E-state index contributed by atoms with van der Waals surface area (Å²) in [6.45, 7) is -0.173. The van der Waals surface area contributed by atoms with Crippen molar-refractivity contribution in [1.29, 1.82) is 0 Å². The minimum atomic E-state index is -0.803. The van der Waals surface area contributed by atoms with Gasteiger partial charge in [-0.05, 0) is 54.9 Å². The van der Waals surface area contributed by atoms with Gasteiger partial charge in [-0.1, -0.05) is 41.4 Å². The number of nitro benzene ring substituents is 1. The maximum Gasteiger partial charge on any atom is 0.282 e. The highest BCUT2D eigenvalue weighted by Gasteiger charge is 2.62. The van der Waals surface area contributed by atoms with E-state index in [0.717, 1.165) is 29.3 Å². The normalized spacial score (nSPS) is 25.5. The minimum absolute atomic E-state index is 0.134. The molecular formula is C23H19Cl2N3O5. The Kier molecular flexibility index (Phi) is 5.37. The second-order valence-corrected chi connectivity index (χ2v) is 9.57. The quantitative estimate of drug-likeness (QED) is 0.351. The van der Waals surface area contributed by atoms with Gasteiger partial charge < -0.3 is 0 Å². The van der Waals surface area contributed by atoms with Gasteiger partial charge in [-0.15, -0.1) is 0 Å². The molecule has 0 spiro atoms. The first kappa shape index (κ1) is 21.9. The number of carbonyl (C=O) groups excluding carboxylic acids is 3. The molecule has 3 aliphatic rings.